The Hall–Kier alpha value is -4.10. The van der Waals surface area contributed by atoms with Crippen molar-refractivity contribution < 1.29 is 14.5 Å². The van der Waals surface area contributed by atoms with Crippen molar-refractivity contribution in [3.05, 3.63) is 118 Å². The Kier molecular flexibility index (Phi) is 7.80. The van der Waals surface area contributed by atoms with Crippen LogP contribution in [0.2, 0.25) is 0 Å². The number of carbonyl (C=O) groups excluding carboxylic acids is 2. The molecule has 178 valence electrons. The summed E-state index contributed by atoms with van der Waals surface area (Å²) in [5.41, 5.74) is 1.63. The van der Waals surface area contributed by atoms with Crippen LogP contribution >= 0.6 is 0 Å². The second-order valence-electron chi connectivity index (χ2n) is 8.63. The Morgan fingerprint density at radius 2 is 1.60 bits per heavy atom. The zero-order valence-electron chi connectivity index (χ0n) is 19.3. The maximum atomic E-state index is 12.7. The van der Waals surface area contributed by atoms with E-state index in [1.165, 1.54) is 29.8 Å². The summed E-state index contributed by atoms with van der Waals surface area (Å²) in [6, 6.07) is 22.9. The normalized spacial score (nSPS) is 14.6. The van der Waals surface area contributed by atoms with Gasteiger partial charge >= 0.3 is 0 Å². The minimum atomic E-state index is -0.594. The summed E-state index contributed by atoms with van der Waals surface area (Å²) in [4.78, 5) is 38.5. The number of rotatable bonds is 8. The first-order chi connectivity index (χ1) is 17.0. The summed E-state index contributed by atoms with van der Waals surface area (Å²) in [5.74, 6) is -0.447. The summed E-state index contributed by atoms with van der Waals surface area (Å²) in [7, 11) is 0. The molecule has 0 aromatic heterocycles. The lowest BCUT2D eigenvalue weighted by molar-refractivity contribution is -0.383. The Balaban J connectivity index is 1.36. The van der Waals surface area contributed by atoms with Gasteiger partial charge in [-0.15, -0.1) is 0 Å². The molecule has 0 bridgehead atoms. The van der Waals surface area contributed by atoms with Crippen LogP contribution in [-0.4, -0.2) is 34.6 Å². The molecule has 0 unspecified atom stereocenters. The molecule has 0 spiro atoms. The summed E-state index contributed by atoms with van der Waals surface area (Å²) >= 11 is 0. The van der Waals surface area contributed by atoms with E-state index in [2.05, 4.69) is 22.3 Å². The Morgan fingerprint density at radius 1 is 0.943 bits per heavy atom. The summed E-state index contributed by atoms with van der Waals surface area (Å²) in [5, 5.41) is 14.2. The molecule has 7 heteroatoms. The van der Waals surface area contributed by atoms with Crippen LogP contribution in [0.1, 0.15) is 39.1 Å². The molecule has 1 N–H and O–H groups in total. The highest BCUT2D eigenvalue weighted by Gasteiger charge is 2.20. The lowest BCUT2D eigenvalue weighted by Gasteiger charge is -2.30. The molecule has 0 saturated carbocycles. The molecular weight excluding hydrogens is 442 g/mol. The van der Waals surface area contributed by atoms with E-state index in [1.807, 2.05) is 24.3 Å². The summed E-state index contributed by atoms with van der Waals surface area (Å²) in [6.45, 7) is 2.84. The number of nitro benzene ring substituents is 1. The smallest absolute Gasteiger partial charge is 0.293 e. The first kappa shape index (κ1) is 24.0. The predicted octanol–water partition coefficient (Wildman–Crippen LogP) is 5.50. The average Bonchev–Trinajstić information content (AvgIpc) is 2.89. The fraction of sp³-hybridized carbons (Fsp3) is 0.214. The van der Waals surface area contributed by atoms with Crippen molar-refractivity contribution in [1.82, 2.24) is 4.90 Å². The van der Waals surface area contributed by atoms with E-state index < -0.39 is 10.8 Å². The Labute approximate surface area is 204 Å². The van der Waals surface area contributed by atoms with Crippen molar-refractivity contribution >= 4 is 23.1 Å². The third-order valence-corrected chi connectivity index (χ3v) is 6.16. The molecule has 0 aliphatic carbocycles. The second-order valence-corrected chi connectivity index (χ2v) is 8.63. The molecule has 4 rings (SSSR count). The predicted molar refractivity (Wildman–Crippen MR) is 135 cm³/mol. The van der Waals surface area contributed by atoms with Gasteiger partial charge in [0.2, 0.25) is 0 Å². The van der Waals surface area contributed by atoms with Crippen LogP contribution in [0.3, 0.4) is 0 Å². The molecule has 3 aromatic carbocycles. The maximum absolute atomic E-state index is 12.7. The number of benzene rings is 3. The van der Waals surface area contributed by atoms with Crippen LogP contribution in [0.5, 0.6) is 0 Å². The van der Waals surface area contributed by atoms with Gasteiger partial charge in [0, 0.05) is 23.7 Å². The number of hydrogen-bond donors (Lipinski definition) is 1. The van der Waals surface area contributed by atoms with E-state index in [0.29, 0.717) is 11.5 Å². The van der Waals surface area contributed by atoms with Gasteiger partial charge in [-0.3, -0.25) is 24.6 Å². The Morgan fingerprint density at radius 3 is 2.26 bits per heavy atom. The summed E-state index contributed by atoms with van der Waals surface area (Å²) < 4.78 is 0. The van der Waals surface area contributed by atoms with Gasteiger partial charge in [-0.1, -0.05) is 54.6 Å². The maximum Gasteiger partial charge on any atom is 0.293 e. The first-order valence-electron chi connectivity index (χ1n) is 11.6. The molecule has 1 heterocycles. The number of amides is 1. The van der Waals surface area contributed by atoms with E-state index >= 15 is 0 Å². The zero-order valence-corrected chi connectivity index (χ0v) is 19.3. The number of nitrogens with one attached hydrogen (secondary N) is 1. The molecule has 1 saturated heterocycles. The highest BCUT2D eigenvalue weighted by Crippen LogP contribution is 2.27. The topological polar surface area (TPSA) is 92.6 Å². The van der Waals surface area contributed by atoms with Gasteiger partial charge in [-0.05, 0) is 67.8 Å². The van der Waals surface area contributed by atoms with Crippen molar-refractivity contribution in [3.8, 4) is 0 Å². The fourth-order valence-electron chi connectivity index (χ4n) is 4.19. The first-order valence-corrected chi connectivity index (χ1v) is 11.6. The van der Waals surface area contributed by atoms with E-state index in [4.69, 9.17) is 0 Å². The standard InChI is InChI=1S/C28H27N3O4/c32-27(14-11-21-15-17-30(18-16-21)20-22-7-3-1-4-8-22)24-12-13-25(26(19-24)31(34)35)29-28(33)23-9-5-2-6-10-23/h1-14,19,21H,15-18,20H2,(H,29,33). The number of piperidine rings is 1. The molecule has 1 amide bonds. The average molecular weight is 470 g/mol. The van der Waals surface area contributed by atoms with Crippen molar-refractivity contribution in [3.63, 3.8) is 0 Å². The number of allylic oxidation sites excluding steroid dienone is 2. The third-order valence-electron chi connectivity index (χ3n) is 6.16. The molecule has 3 aromatic rings. The minimum Gasteiger partial charge on any atom is -0.316 e. The van der Waals surface area contributed by atoms with Crippen LogP contribution in [0.25, 0.3) is 0 Å². The lowest BCUT2D eigenvalue weighted by Crippen LogP contribution is -2.32. The molecule has 1 aliphatic rings. The minimum absolute atomic E-state index is 0.0511. The fourth-order valence-corrected chi connectivity index (χ4v) is 4.19. The van der Waals surface area contributed by atoms with Crippen LogP contribution in [0.4, 0.5) is 11.4 Å². The van der Waals surface area contributed by atoms with Gasteiger partial charge in [0.15, 0.2) is 5.78 Å². The van der Waals surface area contributed by atoms with E-state index in [0.717, 1.165) is 32.5 Å². The number of nitro groups is 1. The SMILES string of the molecule is O=C(C=CC1CCN(Cc2ccccc2)CC1)c1ccc(NC(=O)c2ccccc2)c([N+](=O)[O-])c1. The Bertz CT molecular complexity index is 1220. The number of ketones is 1. The van der Waals surface area contributed by atoms with E-state index in [-0.39, 0.29) is 22.7 Å². The molecule has 7 nitrogen and oxygen atoms in total. The van der Waals surface area contributed by atoms with Gasteiger partial charge < -0.3 is 5.32 Å². The molecule has 35 heavy (non-hydrogen) atoms. The molecule has 1 fully saturated rings. The number of nitrogens with zero attached hydrogens (tertiary/aromatic N) is 2. The van der Waals surface area contributed by atoms with Crippen LogP contribution in [-0.2, 0) is 6.54 Å². The molecule has 0 radical (unpaired) electrons. The van der Waals surface area contributed by atoms with Gasteiger partial charge in [-0.25, -0.2) is 0 Å². The number of carbonyl (C=O) groups is 2. The van der Waals surface area contributed by atoms with Crippen molar-refractivity contribution in [2.45, 2.75) is 19.4 Å². The molecular formula is C28H27N3O4. The van der Waals surface area contributed by atoms with Gasteiger partial charge in [-0.2, -0.15) is 0 Å². The zero-order chi connectivity index (χ0) is 24.6. The largest absolute Gasteiger partial charge is 0.316 e. The van der Waals surface area contributed by atoms with Crippen molar-refractivity contribution in [2.75, 3.05) is 18.4 Å². The van der Waals surface area contributed by atoms with Gasteiger partial charge in [0.25, 0.3) is 11.6 Å². The second kappa shape index (κ2) is 11.4. The molecule has 0 atom stereocenters. The monoisotopic (exact) mass is 469 g/mol. The van der Waals surface area contributed by atoms with Crippen LogP contribution in [0, 0.1) is 16.0 Å². The number of anilines is 1. The van der Waals surface area contributed by atoms with Crippen molar-refractivity contribution in [2.24, 2.45) is 5.92 Å². The quantitative estimate of drug-likeness (QED) is 0.204. The van der Waals surface area contributed by atoms with Crippen molar-refractivity contribution in [1.29, 1.82) is 0 Å². The summed E-state index contributed by atoms with van der Waals surface area (Å²) in [6.07, 6.45) is 5.35. The van der Waals surface area contributed by atoms with E-state index in [9.17, 15) is 19.7 Å². The highest BCUT2D eigenvalue weighted by atomic mass is 16.6. The number of likely N-dealkylation sites (tertiary alicyclic amines) is 1. The number of hydrogen-bond acceptors (Lipinski definition) is 5. The third kappa shape index (κ3) is 6.49. The van der Waals surface area contributed by atoms with E-state index in [1.54, 1.807) is 30.3 Å². The lowest BCUT2D eigenvalue weighted by atomic mass is 9.95. The van der Waals surface area contributed by atoms with Crippen LogP contribution < -0.4 is 5.32 Å². The van der Waals surface area contributed by atoms with Crippen LogP contribution in [0.15, 0.2) is 91.0 Å². The van der Waals surface area contributed by atoms with Gasteiger partial charge in [0.1, 0.15) is 5.69 Å². The highest BCUT2D eigenvalue weighted by molar-refractivity contribution is 6.08. The molecule has 1 aliphatic heterocycles. The van der Waals surface area contributed by atoms with Gasteiger partial charge in [0.05, 0.1) is 4.92 Å².